The summed E-state index contributed by atoms with van der Waals surface area (Å²) in [7, 11) is 0. The maximum atomic E-state index is 12.7. The summed E-state index contributed by atoms with van der Waals surface area (Å²) in [4.78, 5) is 0. The second kappa shape index (κ2) is 5.17. The van der Waals surface area contributed by atoms with Gasteiger partial charge in [0.1, 0.15) is 5.15 Å². The van der Waals surface area contributed by atoms with Gasteiger partial charge in [0.25, 0.3) is 0 Å². The average Bonchev–Trinajstić information content (AvgIpc) is 2.57. The highest BCUT2D eigenvalue weighted by Gasteiger charge is 2.37. The van der Waals surface area contributed by atoms with Gasteiger partial charge in [0, 0.05) is 10.0 Å². The minimum atomic E-state index is -4.49. The van der Waals surface area contributed by atoms with Gasteiger partial charge in [-0.25, -0.2) is 4.68 Å². The van der Waals surface area contributed by atoms with Gasteiger partial charge in [-0.05, 0) is 24.6 Å². The van der Waals surface area contributed by atoms with Gasteiger partial charge in [-0.3, -0.25) is 0 Å². The summed E-state index contributed by atoms with van der Waals surface area (Å²) in [6.45, 7) is 1.50. The van der Waals surface area contributed by atoms with Crippen molar-refractivity contribution in [2.75, 3.05) is 0 Å². The van der Waals surface area contributed by atoms with E-state index < -0.39 is 11.9 Å². The molecule has 1 heterocycles. The van der Waals surface area contributed by atoms with E-state index >= 15 is 0 Å². The lowest BCUT2D eigenvalue weighted by Gasteiger charge is -2.04. The molecule has 0 radical (unpaired) electrons. The molecule has 0 aliphatic heterocycles. The highest BCUT2D eigenvalue weighted by molar-refractivity contribution is 9.10. The van der Waals surface area contributed by atoms with Crippen molar-refractivity contribution in [2.45, 2.75) is 19.6 Å². The molecule has 0 amide bonds. The first-order valence-electron chi connectivity index (χ1n) is 5.33. The summed E-state index contributed by atoms with van der Waals surface area (Å²) in [6, 6.07) is 7.24. The summed E-state index contributed by atoms with van der Waals surface area (Å²) in [5.41, 5.74) is -0.177. The van der Waals surface area contributed by atoms with Crippen molar-refractivity contribution in [3.63, 3.8) is 0 Å². The average molecular weight is 354 g/mol. The fourth-order valence-electron chi connectivity index (χ4n) is 1.71. The van der Waals surface area contributed by atoms with Gasteiger partial charge in [-0.1, -0.05) is 39.7 Å². The topological polar surface area (TPSA) is 17.8 Å². The van der Waals surface area contributed by atoms with Crippen molar-refractivity contribution in [2.24, 2.45) is 0 Å². The molecule has 19 heavy (non-hydrogen) atoms. The summed E-state index contributed by atoms with van der Waals surface area (Å²) in [5, 5.41) is 3.56. The highest BCUT2D eigenvalue weighted by Crippen LogP contribution is 2.34. The summed E-state index contributed by atoms with van der Waals surface area (Å²) in [6.07, 6.45) is -4.49. The fraction of sp³-hybridized carbons (Fsp3) is 0.250. The Kier molecular flexibility index (Phi) is 3.92. The number of alkyl halides is 3. The van der Waals surface area contributed by atoms with Crippen LogP contribution in [0.4, 0.5) is 13.2 Å². The van der Waals surface area contributed by atoms with Crippen LogP contribution in [0.25, 0.3) is 0 Å². The van der Waals surface area contributed by atoms with E-state index in [0.717, 1.165) is 14.7 Å². The van der Waals surface area contributed by atoms with Crippen molar-refractivity contribution >= 4 is 27.5 Å². The zero-order chi connectivity index (χ0) is 14.2. The lowest BCUT2D eigenvalue weighted by molar-refractivity contribution is -0.141. The quantitative estimate of drug-likeness (QED) is 0.767. The number of aromatic nitrogens is 2. The van der Waals surface area contributed by atoms with Gasteiger partial charge in [-0.2, -0.15) is 18.3 Å². The van der Waals surface area contributed by atoms with E-state index in [4.69, 9.17) is 11.6 Å². The molecule has 0 N–H and O–H groups in total. The van der Waals surface area contributed by atoms with Crippen LogP contribution in [0.15, 0.2) is 28.7 Å². The third-order valence-electron chi connectivity index (χ3n) is 2.60. The first-order valence-corrected chi connectivity index (χ1v) is 6.50. The second-order valence-electron chi connectivity index (χ2n) is 4.05. The molecule has 1 aromatic carbocycles. The van der Waals surface area contributed by atoms with Crippen molar-refractivity contribution in [3.8, 4) is 0 Å². The molecule has 102 valence electrons. The Bertz CT molecular complexity index is 608. The minimum absolute atomic E-state index is 0.00676. The molecule has 7 heteroatoms. The lowest BCUT2D eigenvalue weighted by Crippen LogP contribution is -2.09. The van der Waals surface area contributed by atoms with Crippen molar-refractivity contribution < 1.29 is 13.2 Å². The van der Waals surface area contributed by atoms with Crippen molar-refractivity contribution in [1.29, 1.82) is 0 Å². The Labute approximate surface area is 121 Å². The van der Waals surface area contributed by atoms with E-state index in [0.29, 0.717) is 0 Å². The molecule has 0 saturated carbocycles. The van der Waals surface area contributed by atoms with Crippen LogP contribution in [0, 0.1) is 6.92 Å². The monoisotopic (exact) mass is 352 g/mol. The Hall–Kier alpha value is -1.01. The molecule has 2 nitrogen and oxygen atoms in total. The summed E-state index contributed by atoms with van der Waals surface area (Å²) < 4.78 is 40.1. The Morgan fingerprint density at radius 3 is 2.58 bits per heavy atom. The maximum absolute atomic E-state index is 12.7. The Balaban J connectivity index is 2.37. The summed E-state index contributed by atoms with van der Waals surface area (Å²) >= 11 is 9.20. The van der Waals surface area contributed by atoms with Gasteiger partial charge in [0.05, 0.1) is 6.54 Å². The molecule has 0 spiro atoms. The van der Waals surface area contributed by atoms with E-state index in [-0.39, 0.29) is 17.3 Å². The van der Waals surface area contributed by atoms with E-state index in [1.54, 1.807) is 18.2 Å². The largest absolute Gasteiger partial charge is 0.435 e. The van der Waals surface area contributed by atoms with Gasteiger partial charge in [-0.15, -0.1) is 0 Å². The first kappa shape index (κ1) is 14.4. The zero-order valence-corrected chi connectivity index (χ0v) is 12.1. The molecule has 0 aliphatic rings. The smallest absolute Gasteiger partial charge is 0.249 e. The van der Waals surface area contributed by atoms with Gasteiger partial charge >= 0.3 is 6.18 Å². The fourth-order valence-corrected chi connectivity index (χ4v) is 2.35. The molecule has 0 unspecified atom stereocenters. The number of nitrogens with zero attached hydrogens (tertiary/aromatic N) is 2. The molecule has 1 aromatic heterocycles. The highest BCUT2D eigenvalue weighted by atomic mass is 79.9. The predicted molar refractivity (Wildman–Crippen MR) is 70.2 cm³/mol. The van der Waals surface area contributed by atoms with E-state index in [1.807, 2.05) is 6.07 Å². The molecule has 2 rings (SSSR count). The van der Waals surface area contributed by atoms with Crippen LogP contribution in [0.1, 0.15) is 16.8 Å². The van der Waals surface area contributed by atoms with E-state index in [9.17, 15) is 13.2 Å². The standard InChI is InChI=1S/C12H9BrClF3N2/c1-7-10(12(15,16)17)18-19(11(7)14)6-8-3-2-4-9(13)5-8/h2-5H,6H2,1H3. The molecule has 0 aliphatic carbocycles. The maximum Gasteiger partial charge on any atom is 0.435 e. The molecule has 0 saturated heterocycles. The molecule has 0 atom stereocenters. The Morgan fingerprint density at radius 1 is 1.37 bits per heavy atom. The number of benzene rings is 1. The van der Waals surface area contributed by atoms with Crippen LogP contribution >= 0.6 is 27.5 Å². The Morgan fingerprint density at radius 2 is 2.05 bits per heavy atom. The molecule has 2 aromatic rings. The number of rotatable bonds is 2. The normalized spacial score (nSPS) is 11.9. The molecule has 0 bridgehead atoms. The first-order chi connectivity index (χ1) is 8.79. The van der Waals surface area contributed by atoms with Gasteiger partial charge < -0.3 is 0 Å². The number of halogens is 5. The lowest BCUT2D eigenvalue weighted by atomic mass is 10.2. The van der Waals surface area contributed by atoms with Crippen LogP contribution in [0.2, 0.25) is 5.15 Å². The van der Waals surface area contributed by atoms with E-state index in [1.165, 1.54) is 6.92 Å². The summed E-state index contributed by atoms with van der Waals surface area (Å²) in [5.74, 6) is 0. The third kappa shape index (κ3) is 3.12. The van der Waals surface area contributed by atoms with Crippen LogP contribution < -0.4 is 0 Å². The molecular formula is C12H9BrClF3N2. The van der Waals surface area contributed by atoms with E-state index in [2.05, 4.69) is 21.0 Å². The number of hydrogen-bond acceptors (Lipinski definition) is 1. The van der Waals surface area contributed by atoms with Crippen molar-refractivity contribution in [1.82, 2.24) is 9.78 Å². The molecular weight excluding hydrogens is 344 g/mol. The van der Waals surface area contributed by atoms with Gasteiger partial charge in [0.15, 0.2) is 5.69 Å². The van der Waals surface area contributed by atoms with Crippen molar-refractivity contribution in [3.05, 3.63) is 50.7 Å². The molecule has 0 fully saturated rings. The SMILES string of the molecule is Cc1c(C(F)(F)F)nn(Cc2cccc(Br)c2)c1Cl. The van der Waals surface area contributed by atoms with Crippen LogP contribution in [-0.4, -0.2) is 9.78 Å². The van der Waals surface area contributed by atoms with Crippen LogP contribution in [0.5, 0.6) is 0 Å². The second-order valence-corrected chi connectivity index (χ2v) is 5.32. The predicted octanol–water partition coefficient (Wildman–Crippen LogP) is 4.67. The minimum Gasteiger partial charge on any atom is -0.249 e. The van der Waals surface area contributed by atoms with Gasteiger partial charge in [0.2, 0.25) is 0 Å². The zero-order valence-electron chi connectivity index (χ0n) is 9.80. The number of hydrogen-bond donors (Lipinski definition) is 0. The third-order valence-corrected chi connectivity index (χ3v) is 3.57. The van der Waals surface area contributed by atoms with Crippen LogP contribution in [-0.2, 0) is 12.7 Å². The van der Waals surface area contributed by atoms with Crippen LogP contribution in [0.3, 0.4) is 0 Å².